The molecule has 0 atom stereocenters. The Hall–Kier alpha value is -0.670. The maximum atomic E-state index is 5.68. The molecule has 1 rings (SSSR count). The molecule has 0 saturated carbocycles. The van der Waals surface area contributed by atoms with Crippen LogP contribution in [0.2, 0.25) is 5.15 Å². The van der Waals surface area contributed by atoms with Gasteiger partial charge in [-0.2, -0.15) is 0 Å². The first-order chi connectivity index (χ1) is 5.83. The fourth-order valence-corrected chi connectivity index (χ4v) is 1.07. The van der Waals surface area contributed by atoms with E-state index < -0.39 is 0 Å². The molecule has 0 amide bonds. The average Bonchev–Trinajstić information content (AvgIpc) is 2.05. The summed E-state index contributed by atoms with van der Waals surface area (Å²) in [5.74, 6) is 0. The quantitative estimate of drug-likeness (QED) is 0.531. The molecule has 0 N–H and O–H groups in total. The Bertz CT molecular complexity index is 242. The summed E-state index contributed by atoms with van der Waals surface area (Å²) in [6.07, 6.45) is 3.32. The predicted molar refractivity (Wildman–Crippen MR) is 47.2 cm³/mol. The lowest BCUT2D eigenvalue weighted by Crippen LogP contribution is -1.95. The summed E-state index contributed by atoms with van der Waals surface area (Å²) in [6, 6.07) is 1.78. The zero-order chi connectivity index (χ0) is 8.81. The second kappa shape index (κ2) is 5.06. The Morgan fingerprint density at radius 2 is 2.33 bits per heavy atom. The van der Waals surface area contributed by atoms with Crippen LogP contribution in [-0.4, -0.2) is 23.7 Å². The molecule has 4 heteroatoms. The summed E-state index contributed by atoms with van der Waals surface area (Å²) in [5.41, 5.74) is 0.965. The average molecular weight is 187 g/mol. The van der Waals surface area contributed by atoms with Gasteiger partial charge in [-0.1, -0.05) is 11.6 Å². The van der Waals surface area contributed by atoms with E-state index in [2.05, 4.69) is 9.97 Å². The van der Waals surface area contributed by atoms with Crippen LogP contribution >= 0.6 is 11.6 Å². The zero-order valence-electron chi connectivity index (χ0n) is 6.96. The number of hydrogen-bond acceptors (Lipinski definition) is 3. The van der Waals surface area contributed by atoms with Crippen molar-refractivity contribution in [3.05, 3.63) is 23.2 Å². The van der Waals surface area contributed by atoms with E-state index in [4.69, 9.17) is 16.3 Å². The van der Waals surface area contributed by atoms with Gasteiger partial charge in [0, 0.05) is 19.4 Å². The first kappa shape index (κ1) is 9.42. The van der Waals surface area contributed by atoms with Crippen LogP contribution in [0.25, 0.3) is 0 Å². The molecule has 1 heterocycles. The van der Waals surface area contributed by atoms with Crippen molar-refractivity contribution in [1.82, 2.24) is 9.97 Å². The predicted octanol–water partition coefficient (Wildman–Crippen LogP) is 1.71. The number of hydrogen-bond donors (Lipinski definition) is 0. The van der Waals surface area contributed by atoms with Crippen molar-refractivity contribution in [1.29, 1.82) is 0 Å². The molecule has 1 aromatic rings. The SMILES string of the molecule is COCCCc1cc(Cl)ncn1. The molecule has 0 unspecified atom stereocenters. The van der Waals surface area contributed by atoms with Crippen molar-refractivity contribution < 1.29 is 4.74 Å². The smallest absolute Gasteiger partial charge is 0.132 e. The highest BCUT2D eigenvalue weighted by atomic mass is 35.5. The zero-order valence-corrected chi connectivity index (χ0v) is 7.71. The van der Waals surface area contributed by atoms with E-state index in [0.29, 0.717) is 5.15 Å². The Labute approximate surface area is 76.7 Å². The molecule has 0 aromatic carbocycles. The van der Waals surface area contributed by atoms with Gasteiger partial charge in [0.05, 0.1) is 0 Å². The molecule has 12 heavy (non-hydrogen) atoms. The van der Waals surface area contributed by atoms with E-state index in [-0.39, 0.29) is 0 Å². The molecule has 0 fully saturated rings. The van der Waals surface area contributed by atoms with Crippen molar-refractivity contribution >= 4 is 11.6 Å². The lowest BCUT2D eigenvalue weighted by molar-refractivity contribution is 0.195. The number of aryl methyl sites for hydroxylation is 1. The van der Waals surface area contributed by atoms with Crippen LogP contribution in [0.15, 0.2) is 12.4 Å². The third kappa shape index (κ3) is 3.15. The second-order valence-electron chi connectivity index (χ2n) is 2.43. The number of nitrogens with zero attached hydrogens (tertiary/aromatic N) is 2. The molecule has 0 radical (unpaired) electrons. The van der Waals surface area contributed by atoms with E-state index in [0.717, 1.165) is 25.1 Å². The molecule has 0 aliphatic rings. The second-order valence-corrected chi connectivity index (χ2v) is 2.82. The van der Waals surface area contributed by atoms with Crippen LogP contribution in [0.1, 0.15) is 12.1 Å². The summed E-state index contributed by atoms with van der Waals surface area (Å²) >= 11 is 5.68. The highest BCUT2D eigenvalue weighted by molar-refractivity contribution is 6.29. The fourth-order valence-electron chi connectivity index (χ4n) is 0.905. The van der Waals surface area contributed by atoms with Gasteiger partial charge in [-0.15, -0.1) is 0 Å². The minimum Gasteiger partial charge on any atom is -0.385 e. The molecule has 3 nitrogen and oxygen atoms in total. The van der Waals surface area contributed by atoms with Gasteiger partial charge in [-0.25, -0.2) is 9.97 Å². The van der Waals surface area contributed by atoms with Crippen LogP contribution in [0.5, 0.6) is 0 Å². The number of aromatic nitrogens is 2. The van der Waals surface area contributed by atoms with Crippen molar-refractivity contribution in [2.24, 2.45) is 0 Å². The van der Waals surface area contributed by atoms with Crippen LogP contribution in [0.3, 0.4) is 0 Å². The van der Waals surface area contributed by atoms with Gasteiger partial charge in [-0.05, 0) is 18.9 Å². The molecule has 0 aliphatic carbocycles. The van der Waals surface area contributed by atoms with Gasteiger partial charge in [0.15, 0.2) is 0 Å². The Kier molecular flexibility index (Phi) is 3.97. The molecular weight excluding hydrogens is 176 g/mol. The van der Waals surface area contributed by atoms with Gasteiger partial charge in [0.25, 0.3) is 0 Å². The van der Waals surface area contributed by atoms with Gasteiger partial charge in [0.2, 0.25) is 0 Å². The number of ether oxygens (including phenoxy) is 1. The highest BCUT2D eigenvalue weighted by Gasteiger charge is 1.95. The first-order valence-electron chi connectivity index (χ1n) is 3.78. The van der Waals surface area contributed by atoms with Crippen LogP contribution in [0.4, 0.5) is 0 Å². The molecule has 1 aromatic heterocycles. The first-order valence-corrected chi connectivity index (χ1v) is 4.16. The monoisotopic (exact) mass is 186 g/mol. The van der Waals surface area contributed by atoms with Gasteiger partial charge >= 0.3 is 0 Å². The van der Waals surface area contributed by atoms with Gasteiger partial charge < -0.3 is 4.74 Å². The lowest BCUT2D eigenvalue weighted by Gasteiger charge is -1.99. The van der Waals surface area contributed by atoms with E-state index in [1.807, 2.05) is 0 Å². The van der Waals surface area contributed by atoms with Crippen molar-refractivity contribution in [3.8, 4) is 0 Å². The molecule has 0 saturated heterocycles. The van der Waals surface area contributed by atoms with Crippen molar-refractivity contribution in [3.63, 3.8) is 0 Å². The lowest BCUT2D eigenvalue weighted by atomic mass is 10.2. The van der Waals surface area contributed by atoms with Gasteiger partial charge in [-0.3, -0.25) is 0 Å². The number of methoxy groups -OCH3 is 1. The maximum absolute atomic E-state index is 5.68. The minimum absolute atomic E-state index is 0.498. The van der Waals surface area contributed by atoms with Crippen LogP contribution in [0, 0.1) is 0 Å². The maximum Gasteiger partial charge on any atom is 0.132 e. The summed E-state index contributed by atoms with van der Waals surface area (Å²) in [4.78, 5) is 7.85. The Balaban J connectivity index is 2.41. The molecular formula is C8H11ClN2O. The normalized spacial score (nSPS) is 10.2. The van der Waals surface area contributed by atoms with Crippen LogP contribution < -0.4 is 0 Å². The molecule has 0 spiro atoms. The standard InChI is InChI=1S/C8H11ClN2O/c1-12-4-2-3-7-5-8(9)11-6-10-7/h5-6H,2-4H2,1H3. The molecule has 0 aliphatic heterocycles. The number of halogens is 1. The third-order valence-electron chi connectivity index (χ3n) is 1.47. The van der Waals surface area contributed by atoms with E-state index in [9.17, 15) is 0 Å². The molecule has 66 valence electrons. The van der Waals surface area contributed by atoms with E-state index >= 15 is 0 Å². The van der Waals surface area contributed by atoms with Crippen molar-refractivity contribution in [2.75, 3.05) is 13.7 Å². The van der Waals surface area contributed by atoms with Gasteiger partial charge in [0.1, 0.15) is 11.5 Å². The summed E-state index contributed by atoms with van der Waals surface area (Å²) in [7, 11) is 1.69. The summed E-state index contributed by atoms with van der Waals surface area (Å²) < 4.78 is 4.92. The third-order valence-corrected chi connectivity index (χ3v) is 1.68. The van der Waals surface area contributed by atoms with E-state index in [1.54, 1.807) is 13.2 Å². The summed E-state index contributed by atoms with van der Waals surface area (Å²) in [5, 5.41) is 0.498. The highest BCUT2D eigenvalue weighted by Crippen LogP contribution is 2.05. The van der Waals surface area contributed by atoms with E-state index in [1.165, 1.54) is 6.33 Å². The number of rotatable bonds is 4. The molecule has 0 bridgehead atoms. The van der Waals surface area contributed by atoms with Crippen molar-refractivity contribution in [2.45, 2.75) is 12.8 Å². The topological polar surface area (TPSA) is 35.0 Å². The fraction of sp³-hybridized carbons (Fsp3) is 0.500. The largest absolute Gasteiger partial charge is 0.385 e. The Morgan fingerprint density at radius 1 is 1.50 bits per heavy atom. The summed E-state index contributed by atoms with van der Waals surface area (Å²) in [6.45, 7) is 0.752. The Morgan fingerprint density at radius 3 is 3.00 bits per heavy atom. The minimum atomic E-state index is 0.498. The van der Waals surface area contributed by atoms with Crippen LogP contribution in [-0.2, 0) is 11.2 Å².